The molecule has 6 heteroatoms. The molecule has 3 rings (SSSR count). The Kier molecular flexibility index (Phi) is 4.34. The van der Waals surface area contributed by atoms with Crippen LogP contribution in [-0.4, -0.2) is 26.2 Å². The molecule has 0 aliphatic carbocycles. The summed E-state index contributed by atoms with van der Waals surface area (Å²) in [5.74, 6) is -1.42. The third-order valence-corrected chi connectivity index (χ3v) is 4.02. The molecule has 134 valence electrons. The number of hydrogen-bond donors (Lipinski definition) is 4. The van der Waals surface area contributed by atoms with Gasteiger partial charge < -0.3 is 25.2 Å². The fourth-order valence-corrected chi connectivity index (χ4v) is 2.68. The highest BCUT2D eigenvalue weighted by Crippen LogP contribution is 2.45. The number of carbonyl (C=O) groups excluding carboxylic acids is 1. The van der Waals surface area contributed by atoms with Gasteiger partial charge in [0.25, 0.3) is 0 Å². The molecule has 26 heavy (non-hydrogen) atoms. The van der Waals surface area contributed by atoms with Crippen LogP contribution in [0.5, 0.6) is 28.7 Å². The van der Waals surface area contributed by atoms with E-state index in [0.717, 1.165) is 17.7 Å². The Morgan fingerprint density at radius 3 is 2.42 bits per heavy atom. The average molecular weight is 354 g/mol. The van der Waals surface area contributed by atoms with Gasteiger partial charge in [0.1, 0.15) is 34.3 Å². The molecular weight excluding hydrogens is 336 g/mol. The summed E-state index contributed by atoms with van der Waals surface area (Å²) in [4.78, 5) is 12.6. The largest absolute Gasteiger partial charge is 0.508 e. The Morgan fingerprint density at radius 1 is 1.04 bits per heavy atom. The Bertz CT molecular complexity index is 965. The standard InChI is InChI=1S/C20H18O6/c1-10(2)3-6-13-15(23)9-16(24)18-19(25)17(26-20(13)18)7-11-4-5-12(21)8-14(11)22/h3-5,7-9,21-24H,6H2,1-2H3/b17-7-. The molecule has 0 saturated heterocycles. The van der Waals surface area contributed by atoms with Gasteiger partial charge in [-0.3, -0.25) is 4.79 Å². The Balaban J connectivity index is 2.08. The SMILES string of the molecule is CC(C)=CCc1c(O)cc(O)c2c1O/C(=C\c1ccc(O)cc1O)C2=O. The molecule has 0 amide bonds. The van der Waals surface area contributed by atoms with Crippen molar-refractivity contribution < 1.29 is 30.0 Å². The van der Waals surface area contributed by atoms with Gasteiger partial charge in [-0.15, -0.1) is 0 Å². The molecule has 1 aliphatic rings. The number of rotatable bonds is 3. The van der Waals surface area contributed by atoms with Crippen LogP contribution in [0.2, 0.25) is 0 Å². The molecule has 1 aliphatic heterocycles. The van der Waals surface area contributed by atoms with E-state index in [-0.39, 0.29) is 45.6 Å². The lowest BCUT2D eigenvalue weighted by atomic mass is 10.0. The summed E-state index contributed by atoms with van der Waals surface area (Å²) < 4.78 is 5.62. The first-order valence-electron chi connectivity index (χ1n) is 7.95. The highest BCUT2D eigenvalue weighted by Gasteiger charge is 2.34. The van der Waals surface area contributed by atoms with E-state index in [4.69, 9.17) is 4.74 Å². The van der Waals surface area contributed by atoms with Crippen molar-refractivity contribution in [2.24, 2.45) is 0 Å². The molecule has 2 aromatic rings. The number of carbonyl (C=O) groups is 1. The summed E-state index contributed by atoms with van der Waals surface area (Å²) >= 11 is 0. The lowest BCUT2D eigenvalue weighted by molar-refractivity contribution is 0.101. The number of benzene rings is 2. The molecule has 0 radical (unpaired) electrons. The third-order valence-electron chi connectivity index (χ3n) is 4.02. The number of hydrogen-bond acceptors (Lipinski definition) is 6. The van der Waals surface area contributed by atoms with Gasteiger partial charge in [-0.2, -0.15) is 0 Å². The van der Waals surface area contributed by atoms with Crippen LogP contribution < -0.4 is 4.74 Å². The van der Waals surface area contributed by atoms with Gasteiger partial charge in [0, 0.05) is 23.3 Å². The summed E-state index contributed by atoms with van der Waals surface area (Å²) in [7, 11) is 0. The molecular formula is C20H18O6. The minimum absolute atomic E-state index is 0.0236. The van der Waals surface area contributed by atoms with Crippen LogP contribution in [0.15, 0.2) is 41.7 Å². The normalized spacial score (nSPS) is 14.2. The van der Waals surface area contributed by atoms with E-state index < -0.39 is 5.78 Å². The zero-order valence-electron chi connectivity index (χ0n) is 14.3. The molecule has 0 bridgehead atoms. The summed E-state index contributed by atoms with van der Waals surface area (Å²) in [5.41, 5.74) is 1.67. The number of fused-ring (bicyclic) bond motifs is 1. The molecule has 0 fully saturated rings. The second-order valence-electron chi connectivity index (χ2n) is 6.27. The lowest BCUT2D eigenvalue weighted by Crippen LogP contribution is -1.98. The van der Waals surface area contributed by atoms with Crippen LogP contribution in [-0.2, 0) is 6.42 Å². The van der Waals surface area contributed by atoms with Crippen LogP contribution in [0.3, 0.4) is 0 Å². The van der Waals surface area contributed by atoms with Crippen LogP contribution in [0.1, 0.15) is 35.3 Å². The third kappa shape index (κ3) is 3.09. The van der Waals surface area contributed by atoms with Crippen molar-refractivity contribution in [2.45, 2.75) is 20.3 Å². The highest BCUT2D eigenvalue weighted by molar-refractivity contribution is 6.16. The van der Waals surface area contributed by atoms with E-state index in [1.165, 1.54) is 18.2 Å². The monoisotopic (exact) mass is 354 g/mol. The zero-order valence-corrected chi connectivity index (χ0v) is 14.3. The lowest BCUT2D eigenvalue weighted by Gasteiger charge is -2.09. The summed E-state index contributed by atoms with van der Waals surface area (Å²) in [6.07, 6.45) is 3.52. The molecule has 2 aromatic carbocycles. The van der Waals surface area contributed by atoms with Crippen molar-refractivity contribution in [3.63, 3.8) is 0 Å². The van der Waals surface area contributed by atoms with Crippen molar-refractivity contribution in [3.05, 3.63) is 58.4 Å². The first-order valence-corrected chi connectivity index (χ1v) is 7.95. The average Bonchev–Trinajstić information content (AvgIpc) is 2.86. The first-order chi connectivity index (χ1) is 12.3. The molecule has 0 unspecified atom stereocenters. The predicted octanol–water partition coefficient (Wildman–Crippen LogP) is 3.63. The summed E-state index contributed by atoms with van der Waals surface area (Å²) in [6.45, 7) is 3.81. The number of phenolic OH excluding ortho intramolecular Hbond substituents is 4. The number of allylic oxidation sites excluding steroid dienone is 3. The van der Waals surface area contributed by atoms with Gasteiger partial charge in [0.05, 0.1) is 0 Å². The highest BCUT2D eigenvalue weighted by atomic mass is 16.5. The van der Waals surface area contributed by atoms with Gasteiger partial charge in [-0.05, 0) is 38.5 Å². The second kappa shape index (κ2) is 6.48. The van der Waals surface area contributed by atoms with Crippen LogP contribution in [0.4, 0.5) is 0 Å². The fourth-order valence-electron chi connectivity index (χ4n) is 2.68. The molecule has 0 saturated carbocycles. The maximum Gasteiger partial charge on any atom is 0.235 e. The molecule has 4 N–H and O–H groups in total. The minimum atomic E-state index is -0.552. The van der Waals surface area contributed by atoms with Crippen molar-refractivity contribution >= 4 is 11.9 Å². The first kappa shape index (κ1) is 17.4. The van der Waals surface area contributed by atoms with E-state index in [1.54, 1.807) is 0 Å². The van der Waals surface area contributed by atoms with E-state index in [2.05, 4.69) is 0 Å². The van der Waals surface area contributed by atoms with Crippen LogP contribution in [0, 0.1) is 0 Å². The molecule has 0 atom stereocenters. The fraction of sp³-hybridized carbons (Fsp3) is 0.150. The van der Waals surface area contributed by atoms with E-state index >= 15 is 0 Å². The topological polar surface area (TPSA) is 107 Å². The number of aromatic hydroxyl groups is 4. The van der Waals surface area contributed by atoms with Crippen LogP contribution >= 0.6 is 0 Å². The second-order valence-corrected chi connectivity index (χ2v) is 6.27. The van der Waals surface area contributed by atoms with Crippen molar-refractivity contribution in [2.75, 3.05) is 0 Å². The van der Waals surface area contributed by atoms with Crippen molar-refractivity contribution in [1.82, 2.24) is 0 Å². The molecule has 0 aromatic heterocycles. The van der Waals surface area contributed by atoms with Gasteiger partial charge in [0.2, 0.25) is 5.78 Å². The van der Waals surface area contributed by atoms with Gasteiger partial charge in [-0.1, -0.05) is 11.6 Å². The number of Topliss-reactive ketones (excluding diaryl/α,β-unsaturated/α-hetero) is 1. The predicted molar refractivity (Wildman–Crippen MR) is 95.6 cm³/mol. The van der Waals surface area contributed by atoms with Gasteiger partial charge in [-0.25, -0.2) is 0 Å². The molecule has 1 heterocycles. The smallest absolute Gasteiger partial charge is 0.235 e. The van der Waals surface area contributed by atoms with E-state index in [1.807, 2.05) is 19.9 Å². The number of phenols is 4. The quantitative estimate of drug-likeness (QED) is 0.495. The summed E-state index contributed by atoms with van der Waals surface area (Å²) in [6, 6.07) is 5.05. The maximum atomic E-state index is 12.6. The summed E-state index contributed by atoms with van der Waals surface area (Å²) in [5, 5.41) is 39.5. The Labute approximate surface area is 149 Å². The Morgan fingerprint density at radius 2 is 1.77 bits per heavy atom. The number of ketones is 1. The zero-order chi connectivity index (χ0) is 19.0. The van der Waals surface area contributed by atoms with Crippen molar-refractivity contribution in [3.8, 4) is 28.7 Å². The van der Waals surface area contributed by atoms with Gasteiger partial charge in [0.15, 0.2) is 5.76 Å². The van der Waals surface area contributed by atoms with Crippen LogP contribution in [0.25, 0.3) is 6.08 Å². The number of ether oxygens (including phenoxy) is 1. The maximum absolute atomic E-state index is 12.6. The minimum Gasteiger partial charge on any atom is -0.508 e. The van der Waals surface area contributed by atoms with E-state index in [9.17, 15) is 25.2 Å². The molecule has 0 spiro atoms. The van der Waals surface area contributed by atoms with Crippen molar-refractivity contribution in [1.29, 1.82) is 0 Å². The molecule has 6 nitrogen and oxygen atoms in total. The Hall–Kier alpha value is -3.41. The van der Waals surface area contributed by atoms with E-state index in [0.29, 0.717) is 12.0 Å². The van der Waals surface area contributed by atoms with Gasteiger partial charge >= 0.3 is 0 Å².